The van der Waals surface area contributed by atoms with Gasteiger partial charge in [-0.3, -0.25) is 4.79 Å². The molecule has 1 amide bonds. The minimum atomic E-state index is 0.111. The number of benzene rings is 1. The highest BCUT2D eigenvalue weighted by atomic mass is 79.9. The largest absolute Gasteiger partial charge is 0.454 e. The fraction of sp³-hybridized carbons (Fsp3) is 0.533. The Morgan fingerprint density at radius 3 is 3.05 bits per heavy atom. The molecule has 1 fully saturated rings. The van der Waals surface area contributed by atoms with Crippen LogP contribution < -0.4 is 9.47 Å². The Morgan fingerprint density at radius 1 is 1.35 bits per heavy atom. The number of nitrogens with zero attached hydrogens (tertiary/aromatic N) is 1. The van der Waals surface area contributed by atoms with Crippen LogP contribution in [-0.2, 0) is 0 Å². The van der Waals surface area contributed by atoms with E-state index in [0.717, 1.165) is 43.3 Å². The van der Waals surface area contributed by atoms with Crippen LogP contribution in [0.15, 0.2) is 18.2 Å². The number of fused-ring (bicyclic) bond motifs is 1. The molecule has 0 aromatic heterocycles. The van der Waals surface area contributed by atoms with Crippen molar-refractivity contribution in [3.63, 3.8) is 0 Å². The molecule has 0 N–H and O–H groups in total. The summed E-state index contributed by atoms with van der Waals surface area (Å²) in [6.45, 7) is 1.10. The van der Waals surface area contributed by atoms with Gasteiger partial charge in [0, 0.05) is 23.5 Å². The van der Waals surface area contributed by atoms with Gasteiger partial charge < -0.3 is 14.4 Å². The first-order valence-corrected chi connectivity index (χ1v) is 8.18. The number of halogens is 1. The summed E-state index contributed by atoms with van der Waals surface area (Å²) in [4.78, 5) is 14.7. The molecule has 3 rings (SSSR count). The van der Waals surface area contributed by atoms with Gasteiger partial charge in [0.1, 0.15) is 0 Å². The zero-order chi connectivity index (χ0) is 13.9. The second-order valence-corrected chi connectivity index (χ2v) is 5.99. The first kappa shape index (κ1) is 13.7. The van der Waals surface area contributed by atoms with Gasteiger partial charge in [0.25, 0.3) is 5.91 Å². The molecule has 108 valence electrons. The molecular weight excluding hydrogens is 322 g/mol. The van der Waals surface area contributed by atoms with Crippen molar-refractivity contribution in [3.8, 4) is 11.5 Å². The van der Waals surface area contributed by atoms with Crippen LogP contribution in [-0.4, -0.2) is 35.5 Å². The van der Waals surface area contributed by atoms with Crippen molar-refractivity contribution in [2.45, 2.75) is 31.7 Å². The Hall–Kier alpha value is -1.23. The fourth-order valence-corrected chi connectivity index (χ4v) is 3.24. The van der Waals surface area contributed by atoms with Crippen LogP contribution in [0.3, 0.4) is 0 Å². The molecule has 20 heavy (non-hydrogen) atoms. The minimum Gasteiger partial charge on any atom is -0.454 e. The molecule has 2 aliphatic rings. The zero-order valence-corrected chi connectivity index (χ0v) is 12.9. The highest BCUT2D eigenvalue weighted by molar-refractivity contribution is 9.09. The molecule has 0 aliphatic carbocycles. The van der Waals surface area contributed by atoms with Crippen molar-refractivity contribution in [2.24, 2.45) is 0 Å². The number of rotatable bonds is 4. The third-order valence-electron chi connectivity index (χ3n) is 3.93. The smallest absolute Gasteiger partial charge is 0.254 e. The van der Waals surface area contributed by atoms with E-state index in [0.29, 0.717) is 17.4 Å². The normalized spacial score (nSPS) is 20.4. The Morgan fingerprint density at radius 2 is 2.20 bits per heavy atom. The lowest BCUT2D eigenvalue weighted by molar-refractivity contribution is 0.0730. The van der Waals surface area contributed by atoms with Crippen LogP contribution in [0.4, 0.5) is 0 Å². The number of hydrogen-bond donors (Lipinski definition) is 0. The number of likely N-dealkylation sites (tertiary alicyclic amines) is 1. The summed E-state index contributed by atoms with van der Waals surface area (Å²) >= 11 is 3.46. The molecule has 1 atom stereocenters. The van der Waals surface area contributed by atoms with Crippen molar-refractivity contribution in [1.29, 1.82) is 0 Å². The molecule has 2 aliphatic heterocycles. The van der Waals surface area contributed by atoms with Crippen LogP contribution >= 0.6 is 15.9 Å². The third-order valence-corrected chi connectivity index (χ3v) is 4.49. The van der Waals surface area contributed by atoms with E-state index < -0.39 is 0 Å². The lowest BCUT2D eigenvalue weighted by Crippen LogP contribution is -2.35. The van der Waals surface area contributed by atoms with Gasteiger partial charge in [-0.1, -0.05) is 15.9 Å². The lowest BCUT2D eigenvalue weighted by atomic mass is 10.1. The number of carbonyl (C=O) groups excluding carboxylic acids is 1. The van der Waals surface area contributed by atoms with Gasteiger partial charge in [0.15, 0.2) is 11.5 Å². The van der Waals surface area contributed by atoms with Crippen LogP contribution in [0.25, 0.3) is 0 Å². The summed E-state index contributed by atoms with van der Waals surface area (Å²) in [6, 6.07) is 5.82. The molecule has 1 saturated heterocycles. The Labute approximate surface area is 127 Å². The summed E-state index contributed by atoms with van der Waals surface area (Å²) in [5.74, 6) is 1.51. The molecule has 2 heterocycles. The van der Waals surface area contributed by atoms with Crippen molar-refractivity contribution >= 4 is 21.8 Å². The minimum absolute atomic E-state index is 0.111. The average Bonchev–Trinajstić information content (AvgIpc) is 3.12. The molecule has 0 radical (unpaired) electrons. The van der Waals surface area contributed by atoms with Gasteiger partial charge >= 0.3 is 0 Å². The van der Waals surface area contributed by atoms with Gasteiger partial charge in [-0.15, -0.1) is 0 Å². The maximum atomic E-state index is 12.6. The summed E-state index contributed by atoms with van der Waals surface area (Å²) in [5, 5.41) is 0.996. The van der Waals surface area contributed by atoms with Gasteiger partial charge in [-0.05, 0) is 43.9 Å². The molecule has 1 aromatic rings. The van der Waals surface area contributed by atoms with Crippen molar-refractivity contribution in [1.82, 2.24) is 4.90 Å². The highest BCUT2D eigenvalue weighted by Crippen LogP contribution is 2.33. The van der Waals surface area contributed by atoms with E-state index in [9.17, 15) is 4.79 Å². The molecule has 4 nitrogen and oxygen atoms in total. The molecule has 5 heteroatoms. The standard InChI is InChI=1S/C15H18BrNO3/c16-7-1-3-12-4-2-8-17(12)15(18)11-5-6-13-14(9-11)20-10-19-13/h5-6,9,12H,1-4,7-8,10H2. The van der Waals surface area contributed by atoms with Crippen LogP contribution in [0.2, 0.25) is 0 Å². The van der Waals surface area contributed by atoms with E-state index in [-0.39, 0.29) is 12.7 Å². The van der Waals surface area contributed by atoms with Crippen LogP contribution in [0.1, 0.15) is 36.0 Å². The Kier molecular flexibility index (Phi) is 4.15. The summed E-state index contributed by atoms with van der Waals surface area (Å²) < 4.78 is 10.6. The first-order chi connectivity index (χ1) is 9.79. The molecule has 0 saturated carbocycles. The van der Waals surface area contributed by atoms with Crippen molar-refractivity contribution in [2.75, 3.05) is 18.7 Å². The SMILES string of the molecule is O=C(c1ccc2c(c1)OCO2)N1CCCC1CCCBr. The van der Waals surface area contributed by atoms with E-state index in [2.05, 4.69) is 15.9 Å². The van der Waals surface area contributed by atoms with E-state index >= 15 is 0 Å². The number of amides is 1. The highest BCUT2D eigenvalue weighted by Gasteiger charge is 2.29. The number of ether oxygens (including phenoxy) is 2. The van der Waals surface area contributed by atoms with Crippen LogP contribution in [0, 0.1) is 0 Å². The van der Waals surface area contributed by atoms with Gasteiger partial charge in [-0.25, -0.2) is 0 Å². The number of carbonyl (C=O) groups is 1. The molecule has 1 unspecified atom stereocenters. The fourth-order valence-electron chi connectivity index (χ4n) is 2.91. The molecule has 0 spiro atoms. The summed E-state index contributed by atoms with van der Waals surface area (Å²) in [5.41, 5.74) is 0.694. The maximum absolute atomic E-state index is 12.6. The van der Waals surface area contributed by atoms with Crippen LogP contribution in [0.5, 0.6) is 11.5 Å². The lowest BCUT2D eigenvalue weighted by Gasteiger charge is -2.24. The molecular formula is C15H18BrNO3. The van der Waals surface area contributed by atoms with Gasteiger partial charge in [0.05, 0.1) is 0 Å². The van der Waals surface area contributed by atoms with E-state index in [1.54, 1.807) is 6.07 Å². The quantitative estimate of drug-likeness (QED) is 0.790. The first-order valence-electron chi connectivity index (χ1n) is 7.06. The predicted octanol–water partition coefficient (Wildman–Crippen LogP) is 3.20. The maximum Gasteiger partial charge on any atom is 0.254 e. The Bertz CT molecular complexity index is 506. The van der Waals surface area contributed by atoms with Gasteiger partial charge in [0.2, 0.25) is 6.79 Å². The summed E-state index contributed by atoms with van der Waals surface area (Å²) in [6.07, 6.45) is 4.39. The topological polar surface area (TPSA) is 38.8 Å². The average molecular weight is 340 g/mol. The monoisotopic (exact) mass is 339 g/mol. The second-order valence-electron chi connectivity index (χ2n) is 5.19. The Balaban J connectivity index is 1.74. The van der Waals surface area contributed by atoms with Crippen molar-refractivity contribution < 1.29 is 14.3 Å². The van der Waals surface area contributed by atoms with Gasteiger partial charge in [-0.2, -0.15) is 0 Å². The number of hydrogen-bond acceptors (Lipinski definition) is 3. The number of alkyl halides is 1. The van der Waals surface area contributed by atoms with E-state index in [1.807, 2.05) is 17.0 Å². The molecule has 0 bridgehead atoms. The third kappa shape index (κ3) is 2.64. The van der Waals surface area contributed by atoms with E-state index in [1.165, 1.54) is 0 Å². The second kappa shape index (κ2) is 6.04. The predicted molar refractivity (Wildman–Crippen MR) is 79.7 cm³/mol. The summed E-state index contributed by atoms with van der Waals surface area (Å²) in [7, 11) is 0. The van der Waals surface area contributed by atoms with E-state index in [4.69, 9.17) is 9.47 Å². The molecule has 1 aromatic carbocycles. The zero-order valence-electron chi connectivity index (χ0n) is 11.3. The van der Waals surface area contributed by atoms with Crippen molar-refractivity contribution in [3.05, 3.63) is 23.8 Å².